The van der Waals surface area contributed by atoms with Crippen molar-refractivity contribution in [3.8, 4) is 0 Å². The first-order valence-corrected chi connectivity index (χ1v) is 4.65. The van der Waals surface area contributed by atoms with Crippen molar-refractivity contribution in [2.24, 2.45) is 7.05 Å². The van der Waals surface area contributed by atoms with Crippen LogP contribution in [0.4, 0.5) is 0 Å². The highest BCUT2D eigenvalue weighted by molar-refractivity contribution is 7.71. The summed E-state index contributed by atoms with van der Waals surface area (Å²) in [5.74, 6) is 0.766. The zero-order chi connectivity index (χ0) is 10.1. The second-order valence-electron chi connectivity index (χ2n) is 3.36. The van der Waals surface area contributed by atoms with Crippen molar-refractivity contribution < 1.29 is 4.74 Å². The fraction of sp³-hybridized carbons (Fsp3) is 0.750. The van der Waals surface area contributed by atoms with E-state index in [0.717, 1.165) is 5.82 Å². The first-order valence-electron chi connectivity index (χ1n) is 4.25. The zero-order valence-electron chi connectivity index (χ0n) is 8.42. The van der Waals surface area contributed by atoms with Crippen molar-refractivity contribution in [2.75, 3.05) is 6.61 Å². The maximum absolute atomic E-state index is 5.53. The number of aromatic nitrogens is 3. The van der Waals surface area contributed by atoms with E-state index >= 15 is 0 Å². The molecule has 0 aliphatic carbocycles. The van der Waals surface area contributed by atoms with Crippen LogP contribution in [-0.2, 0) is 17.4 Å². The zero-order valence-corrected chi connectivity index (χ0v) is 9.23. The lowest BCUT2D eigenvalue weighted by molar-refractivity contribution is -0.0208. The lowest BCUT2D eigenvalue weighted by Crippen LogP contribution is -2.23. The first-order chi connectivity index (χ1) is 5.97. The number of nitrogens with zero attached hydrogens (tertiary/aromatic N) is 2. The summed E-state index contributed by atoms with van der Waals surface area (Å²) in [7, 11) is 1.83. The molecule has 1 aromatic heterocycles. The first kappa shape index (κ1) is 10.4. The van der Waals surface area contributed by atoms with Gasteiger partial charge in [-0.25, -0.2) is 4.98 Å². The Hall–Kier alpha value is -0.680. The van der Waals surface area contributed by atoms with Crippen LogP contribution in [0.5, 0.6) is 0 Å². The second kappa shape index (κ2) is 3.59. The summed E-state index contributed by atoms with van der Waals surface area (Å²) in [5.41, 5.74) is -0.399. The van der Waals surface area contributed by atoms with Crippen molar-refractivity contribution >= 4 is 12.2 Å². The Bertz CT molecular complexity index is 339. The van der Waals surface area contributed by atoms with E-state index in [2.05, 4.69) is 10.1 Å². The number of aryl methyl sites for hydroxylation is 1. The van der Waals surface area contributed by atoms with Crippen molar-refractivity contribution in [1.29, 1.82) is 0 Å². The number of hydrogen-bond acceptors (Lipinski definition) is 3. The van der Waals surface area contributed by atoms with Gasteiger partial charge in [0.25, 0.3) is 0 Å². The topological polar surface area (TPSA) is 42.8 Å². The van der Waals surface area contributed by atoms with Gasteiger partial charge in [-0.1, -0.05) is 0 Å². The van der Waals surface area contributed by atoms with Crippen molar-refractivity contribution in [1.82, 2.24) is 14.8 Å². The largest absolute Gasteiger partial charge is 0.368 e. The second-order valence-corrected chi connectivity index (χ2v) is 3.72. The van der Waals surface area contributed by atoms with Crippen LogP contribution in [0.15, 0.2) is 0 Å². The minimum Gasteiger partial charge on any atom is -0.368 e. The summed E-state index contributed by atoms with van der Waals surface area (Å²) in [4.78, 5) is 4.20. The van der Waals surface area contributed by atoms with Crippen LogP contribution in [-0.4, -0.2) is 21.4 Å². The molecule has 5 heteroatoms. The molecule has 0 fully saturated rings. The monoisotopic (exact) mass is 201 g/mol. The van der Waals surface area contributed by atoms with E-state index in [1.54, 1.807) is 4.68 Å². The molecule has 1 heterocycles. The Morgan fingerprint density at radius 2 is 2.23 bits per heavy atom. The fourth-order valence-corrected chi connectivity index (χ4v) is 1.24. The van der Waals surface area contributed by atoms with E-state index in [1.807, 2.05) is 27.8 Å². The molecule has 0 amide bonds. The third-order valence-corrected chi connectivity index (χ3v) is 2.21. The predicted octanol–water partition coefficient (Wildman–Crippen LogP) is 1.75. The van der Waals surface area contributed by atoms with E-state index in [0.29, 0.717) is 11.4 Å². The molecule has 0 aliphatic rings. The van der Waals surface area contributed by atoms with Gasteiger partial charge in [0.15, 0.2) is 5.82 Å². The van der Waals surface area contributed by atoms with Crippen molar-refractivity contribution in [2.45, 2.75) is 26.4 Å². The molecule has 4 nitrogen and oxygen atoms in total. The maximum atomic E-state index is 5.53. The molecule has 0 spiro atoms. The highest BCUT2D eigenvalue weighted by Crippen LogP contribution is 2.20. The molecule has 13 heavy (non-hydrogen) atoms. The average molecular weight is 201 g/mol. The van der Waals surface area contributed by atoms with Gasteiger partial charge in [0, 0.05) is 13.7 Å². The third kappa shape index (κ3) is 2.16. The Kier molecular flexibility index (Phi) is 2.87. The molecule has 0 unspecified atom stereocenters. The van der Waals surface area contributed by atoms with Gasteiger partial charge in [0.2, 0.25) is 4.77 Å². The fourth-order valence-electron chi connectivity index (χ4n) is 1.10. The Labute approximate surface area is 82.9 Å². The summed E-state index contributed by atoms with van der Waals surface area (Å²) in [6.07, 6.45) is 0. The normalized spacial score (nSPS) is 12.0. The van der Waals surface area contributed by atoms with E-state index in [9.17, 15) is 0 Å². The van der Waals surface area contributed by atoms with Crippen LogP contribution in [0.1, 0.15) is 26.6 Å². The number of nitrogens with one attached hydrogen (secondary N) is 1. The summed E-state index contributed by atoms with van der Waals surface area (Å²) in [5, 5.41) is 3.05. The minimum atomic E-state index is -0.399. The average Bonchev–Trinajstić information content (AvgIpc) is 2.33. The summed E-state index contributed by atoms with van der Waals surface area (Å²) in [6, 6.07) is 0. The highest BCUT2D eigenvalue weighted by atomic mass is 32.1. The molecular weight excluding hydrogens is 186 g/mol. The minimum absolute atomic E-state index is 0.399. The van der Waals surface area contributed by atoms with Crippen LogP contribution >= 0.6 is 12.2 Å². The van der Waals surface area contributed by atoms with E-state index in [4.69, 9.17) is 17.0 Å². The van der Waals surface area contributed by atoms with Crippen LogP contribution in [0, 0.1) is 4.77 Å². The van der Waals surface area contributed by atoms with Crippen LogP contribution in [0.3, 0.4) is 0 Å². The Morgan fingerprint density at radius 3 is 2.62 bits per heavy atom. The predicted molar refractivity (Wildman–Crippen MR) is 53.0 cm³/mol. The Morgan fingerprint density at radius 1 is 1.62 bits per heavy atom. The lowest BCUT2D eigenvalue weighted by atomic mass is 10.1. The van der Waals surface area contributed by atoms with Gasteiger partial charge >= 0.3 is 0 Å². The maximum Gasteiger partial charge on any atom is 0.215 e. The summed E-state index contributed by atoms with van der Waals surface area (Å²) < 4.78 is 7.77. The third-order valence-electron chi connectivity index (χ3n) is 1.84. The molecule has 0 bridgehead atoms. The smallest absolute Gasteiger partial charge is 0.215 e. The standard InChI is InChI=1S/C8H15N3OS/c1-5-12-8(2,3)6-9-7(13)11(4)10-6/h5H2,1-4H3,(H,9,10,13). The molecule has 0 saturated carbocycles. The van der Waals surface area contributed by atoms with Crippen molar-refractivity contribution in [3.05, 3.63) is 10.6 Å². The Balaban J connectivity index is 3.00. The molecule has 1 N–H and O–H groups in total. The van der Waals surface area contributed by atoms with Gasteiger partial charge in [0.05, 0.1) is 0 Å². The quantitative estimate of drug-likeness (QED) is 0.758. The van der Waals surface area contributed by atoms with Gasteiger partial charge in [0.1, 0.15) is 5.60 Å². The number of rotatable bonds is 3. The van der Waals surface area contributed by atoms with Gasteiger partial charge < -0.3 is 4.74 Å². The van der Waals surface area contributed by atoms with Crippen LogP contribution in [0.2, 0.25) is 0 Å². The van der Waals surface area contributed by atoms with Crippen LogP contribution < -0.4 is 0 Å². The van der Waals surface area contributed by atoms with E-state index < -0.39 is 5.60 Å². The van der Waals surface area contributed by atoms with Gasteiger partial charge in [-0.3, -0.25) is 9.78 Å². The molecular formula is C8H15N3OS. The molecule has 74 valence electrons. The van der Waals surface area contributed by atoms with Gasteiger partial charge in [-0.15, -0.1) is 0 Å². The number of hydrogen-bond donors (Lipinski definition) is 1. The number of ether oxygens (including phenoxy) is 1. The van der Waals surface area contributed by atoms with Gasteiger partial charge in [-0.2, -0.15) is 0 Å². The highest BCUT2D eigenvalue weighted by Gasteiger charge is 2.24. The molecule has 0 aromatic carbocycles. The summed E-state index contributed by atoms with van der Waals surface area (Å²) >= 11 is 4.99. The number of H-pyrrole nitrogens is 1. The van der Waals surface area contributed by atoms with Gasteiger partial charge in [-0.05, 0) is 33.0 Å². The lowest BCUT2D eigenvalue weighted by Gasteiger charge is -2.21. The molecule has 0 saturated heterocycles. The SMILES string of the molecule is CCOC(C)(C)c1nc(=S)n(C)[nH]1. The van der Waals surface area contributed by atoms with Crippen LogP contribution in [0.25, 0.3) is 0 Å². The van der Waals surface area contributed by atoms with E-state index in [-0.39, 0.29) is 0 Å². The number of aromatic amines is 1. The molecule has 1 rings (SSSR count). The molecule has 0 radical (unpaired) electrons. The molecule has 0 aliphatic heterocycles. The summed E-state index contributed by atoms with van der Waals surface area (Å²) in [6.45, 7) is 6.54. The molecule has 1 aromatic rings. The van der Waals surface area contributed by atoms with E-state index in [1.165, 1.54) is 0 Å². The molecule has 0 atom stereocenters. The van der Waals surface area contributed by atoms with Crippen molar-refractivity contribution in [3.63, 3.8) is 0 Å².